The molecule has 4 aromatic rings. The SMILES string of the molecule is C=CCOCc1nc2cnc3c(ccn3S(=O)(=O)c3ccccc3)c2n1C1CCC(O[Si](C)(C)C(C)(C)C)CC1. The smallest absolute Gasteiger partial charge is 0.269 e. The number of imidazole rings is 1. The molecule has 0 N–H and O–H groups in total. The molecule has 214 valence electrons. The number of rotatable bonds is 9. The van der Waals surface area contributed by atoms with Crippen molar-refractivity contribution in [1.82, 2.24) is 18.5 Å². The van der Waals surface area contributed by atoms with E-state index in [0.717, 1.165) is 47.9 Å². The zero-order valence-electron chi connectivity index (χ0n) is 24.1. The Morgan fingerprint density at radius 3 is 2.45 bits per heavy atom. The molecule has 3 aromatic heterocycles. The second kappa shape index (κ2) is 10.9. The zero-order valence-corrected chi connectivity index (χ0v) is 25.9. The molecule has 1 aliphatic carbocycles. The number of benzene rings is 1. The minimum Gasteiger partial charge on any atom is -0.414 e. The van der Waals surface area contributed by atoms with Gasteiger partial charge in [-0.2, -0.15) is 0 Å². The number of pyridine rings is 1. The van der Waals surface area contributed by atoms with Crippen LogP contribution in [0.5, 0.6) is 0 Å². The first-order valence-corrected chi connectivity index (χ1v) is 18.3. The van der Waals surface area contributed by atoms with Gasteiger partial charge in [0.15, 0.2) is 14.0 Å². The lowest BCUT2D eigenvalue weighted by Crippen LogP contribution is -2.44. The fourth-order valence-electron chi connectivity index (χ4n) is 5.34. The van der Waals surface area contributed by atoms with Gasteiger partial charge in [-0.15, -0.1) is 6.58 Å². The molecule has 1 fully saturated rings. The highest BCUT2D eigenvalue weighted by atomic mass is 32.2. The van der Waals surface area contributed by atoms with Gasteiger partial charge in [-0.1, -0.05) is 45.0 Å². The molecule has 10 heteroatoms. The van der Waals surface area contributed by atoms with Crippen molar-refractivity contribution in [2.75, 3.05) is 6.61 Å². The fraction of sp³-hybridized carbons (Fsp3) is 0.467. The van der Waals surface area contributed by atoms with Crippen LogP contribution >= 0.6 is 0 Å². The minimum absolute atomic E-state index is 0.173. The third kappa shape index (κ3) is 5.29. The Morgan fingerprint density at radius 1 is 1.10 bits per heavy atom. The topological polar surface area (TPSA) is 88.2 Å². The van der Waals surface area contributed by atoms with Crippen molar-refractivity contribution in [3.63, 3.8) is 0 Å². The highest BCUT2D eigenvalue weighted by Crippen LogP contribution is 2.41. The van der Waals surface area contributed by atoms with Crippen molar-refractivity contribution in [3.8, 4) is 0 Å². The van der Waals surface area contributed by atoms with Gasteiger partial charge in [0, 0.05) is 23.7 Å². The third-order valence-electron chi connectivity index (χ3n) is 8.44. The second-order valence-corrected chi connectivity index (χ2v) is 18.7. The van der Waals surface area contributed by atoms with Gasteiger partial charge in [-0.25, -0.2) is 22.4 Å². The van der Waals surface area contributed by atoms with E-state index in [-0.39, 0.29) is 22.1 Å². The maximum Gasteiger partial charge on any atom is 0.269 e. The maximum absolute atomic E-state index is 13.5. The molecule has 0 unspecified atom stereocenters. The maximum atomic E-state index is 13.5. The van der Waals surface area contributed by atoms with Crippen LogP contribution in [0.4, 0.5) is 0 Å². The summed E-state index contributed by atoms with van der Waals surface area (Å²) in [6.07, 6.45) is 9.10. The Hall–Kier alpha value is -2.79. The Balaban J connectivity index is 1.53. The average Bonchev–Trinajstić information content (AvgIpc) is 3.51. The summed E-state index contributed by atoms with van der Waals surface area (Å²) in [6.45, 7) is 16.0. The Labute approximate surface area is 238 Å². The molecule has 5 rings (SSSR count). The molecule has 40 heavy (non-hydrogen) atoms. The van der Waals surface area contributed by atoms with Crippen LogP contribution in [-0.4, -0.2) is 48.0 Å². The van der Waals surface area contributed by atoms with Crippen LogP contribution in [-0.2, 0) is 25.8 Å². The highest BCUT2D eigenvalue weighted by molar-refractivity contribution is 7.90. The van der Waals surface area contributed by atoms with Crippen molar-refractivity contribution in [2.45, 2.75) is 88.2 Å². The van der Waals surface area contributed by atoms with E-state index in [1.165, 1.54) is 3.97 Å². The van der Waals surface area contributed by atoms with Gasteiger partial charge in [0.05, 0.1) is 23.2 Å². The van der Waals surface area contributed by atoms with Gasteiger partial charge in [0.25, 0.3) is 10.0 Å². The Kier molecular flexibility index (Phi) is 7.82. The molecule has 1 aliphatic rings. The normalized spacial score (nSPS) is 18.9. The summed E-state index contributed by atoms with van der Waals surface area (Å²) in [6, 6.07) is 10.5. The molecule has 0 amide bonds. The van der Waals surface area contributed by atoms with E-state index < -0.39 is 18.3 Å². The van der Waals surface area contributed by atoms with Gasteiger partial charge in [-0.05, 0) is 62.0 Å². The van der Waals surface area contributed by atoms with Crippen molar-refractivity contribution >= 4 is 40.4 Å². The first-order chi connectivity index (χ1) is 18.9. The summed E-state index contributed by atoms with van der Waals surface area (Å²) in [5, 5.41) is 0.936. The predicted molar refractivity (Wildman–Crippen MR) is 161 cm³/mol. The summed E-state index contributed by atoms with van der Waals surface area (Å²) < 4.78 is 43.1. The van der Waals surface area contributed by atoms with Gasteiger partial charge in [0.2, 0.25) is 0 Å². The number of hydrogen-bond acceptors (Lipinski definition) is 6. The van der Waals surface area contributed by atoms with Gasteiger partial charge in [0.1, 0.15) is 17.9 Å². The van der Waals surface area contributed by atoms with Crippen LogP contribution in [0.3, 0.4) is 0 Å². The van der Waals surface area contributed by atoms with Crippen LogP contribution in [0.15, 0.2) is 66.3 Å². The lowest BCUT2D eigenvalue weighted by Gasteiger charge is -2.41. The molecule has 0 bridgehead atoms. The van der Waals surface area contributed by atoms with Crippen molar-refractivity contribution < 1.29 is 17.6 Å². The predicted octanol–water partition coefficient (Wildman–Crippen LogP) is 6.83. The van der Waals surface area contributed by atoms with Crippen LogP contribution in [0.1, 0.15) is 58.3 Å². The lowest BCUT2D eigenvalue weighted by molar-refractivity contribution is 0.111. The molecule has 8 nitrogen and oxygen atoms in total. The average molecular weight is 581 g/mol. The third-order valence-corrected chi connectivity index (χ3v) is 14.7. The molecule has 0 radical (unpaired) electrons. The summed E-state index contributed by atoms with van der Waals surface area (Å²) in [4.78, 5) is 9.70. The summed E-state index contributed by atoms with van der Waals surface area (Å²) in [5.41, 5.74) is 2.03. The van der Waals surface area contributed by atoms with E-state index in [4.69, 9.17) is 14.1 Å². The number of ether oxygens (including phenoxy) is 1. The zero-order chi connectivity index (χ0) is 28.7. The first-order valence-electron chi connectivity index (χ1n) is 14.0. The van der Waals surface area contributed by atoms with Crippen LogP contribution in [0, 0.1) is 0 Å². The number of fused-ring (bicyclic) bond motifs is 3. The molecule has 3 heterocycles. The summed E-state index contributed by atoms with van der Waals surface area (Å²) >= 11 is 0. The van der Waals surface area contributed by atoms with E-state index in [9.17, 15) is 8.42 Å². The van der Waals surface area contributed by atoms with Crippen molar-refractivity contribution in [1.29, 1.82) is 0 Å². The van der Waals surface area contributed by atoms with Crippen LogP contribution in [0.2, 0.25) is 18.1 Å². The Morgan fingerprint density at radius 2 is 1.80 bits per heavy atom. The van der Waals surface area contributed by atoms with E-state index in [1.807, 2.05) is 6.07 Å². The van der Waals surface area contributed by atoms with Crippen LogP contribution < -0.4 is 0 Å². The summed E-state index contributed by atoms with van der Waals surface area (Å²) in [5.74, 6) is 0.818. The summed E-state index contributed by atoms with van der Waals surface area (Å²) in [7, 11) is -5.65. The van der Waals surface area contributed by atoms with Crippen molar-refractivity contribution in [3.05, 3.63) is 67.3 Å². The van der Waals surface area contributed by atoms with Gasteiger partial charge in [-0.3, -0.25) is 0 Å². The molecular weight excluding hydrogens is 541 g/mol. The molecule has 0 saturated heterocycles. The number of aromatic nitrogens is 4. The lowest BCUT2D eigenvalue weighted by atomic mass is 9.92. The van der Waals surface area contributed by atoms with Gasteiger partial charge < -0.3 is 13.7 Å². The van der Waals surface area contributed by atoms with E-state index in [1.54, 1.807) is 48.8 Å². The van der Waals surface area contributed by atoms with Crippen molar-refractivity contribution in [2.24, 2.45) is 0 Å². The number of hydrogen-bond donors (Lipinski definition) is 0. The minimum atomic E-state index is -3.80. The quantitative estimate of drug-likeness (QED) is 0.122. The fourth-order valence-corrected chi connectivity index (χ4v) is 8.08. The number of nitrogens with zero attached hydrogens (tertiary/aromatic N) is 4. The van der Waals surface area contributed by atoms with Crippen LogP contribution in [0.25, 0.3) is 22.1 Å². The monoisotopic (exact) mass is 580 g/mol. The molecule has 1 aromatic carbocycles. The first kappa shape index (κ1) is 28.7. The van der Waals surface area contributed by atoms with Gasteiger partial charge >= 0.3 is 0 Å². The standard InChI is InChI=1S/C30H40N4O4SSi/c1-7-19-37-21-27-32-26-20-31-29-25(17-18-33(29)39(35,36)24-11-9-8-10-12-24)28(26)34(27)22-13-15-23(16-14-22)38-40(5,6)30(2,3)4/h7-12,17-18,20,22-23H,1,13-16,19,21H2,2-6H3. The van der Waals surface area contributed by atoms with E-state index >= 15 is 0 Å². The molecule has 0 atom stereocenters. The molecule has 0 spiro atoms. The Bertz CT molecular complexity index is 1610. The van der Waals surface area contributed by atoms with E-state index in [0.29, 0.717) is 18.9 Å². The highest BCUT2D eigenvalue weighted by Gasteiger charge is 2.40. The second-order valence-electron chi connectivity index (χ2n) is 12.2. The molecular formula is C30H40N4O4SSi. The van der Waals surface area contributed by atoms with E-state index in [2.05, 4.69) is 50.0 Å². The molecule has 0 aliphatic heterocycles. The largest absolute Gasteiger partial charge is 0.414 e. The molecule has 1 saturated carbocycles.